The van der Waals surface area contributed by atoms with Crippen LogP contribution in [0.15, 0.2) is 24.5 Å². The minimum atomic E-state index is -3.31. The maximum absolute atomic E-state index is 12.2. The second kappa shape index (κ2) is 5.73. The Morgan fingerprint density at radius 1 is 1.19 bits per heavy atom. The quantitative estimate of drug-likeness (QED) is 0.891. The molecule has 1 saturated heterocycles. The lowest BCUT2D eigenvalue weighted by atomic mass is 10.1. The molecule has 0 unspecified atom stereocenters. The van der Waals surface area contributed by atoms with Crippen molar-refractivity contribution in [1.82, 2.24) is 14.6 Å². The van der Waals surface area contributed by atoms with Crippen molar-refractivity contribution in [2.24, 2.45) is 0 Å². The topological polar surface area (TPSA) is 79.4 Å². The standard InChI is InChI=1S/C14H19N3O3S/c18-14(11-5-7-15-8-6-11)17-9-13(10-17)21(19,20)16-12-3-1-2-4-12/h5-8,12-13,16H,1-4,9-10H2. The SMILES string of the molecule is O=C(c1ccncc1)N1CC(S(=O)(=O)NC2CCCC2)C1. The van der Waals surface area contributed by atoms with E-state index in [1.165, 1.54) is 0 Å². The molecule has 6 nitrogen and oxygen atoms in total. The van der Waals surface area contributed by atoms with E-state index >= 15 is 0 Å². The molecule has 1 N–H and O–H groups in total. The van der Waals surface area contributed by atoms with E-state index in [0.717, 1.165) is 25.7 Å². The summed E-state index contributed by atoms with van der Waals surface area (Å²) in [6.45, 7) is 0.534. The average molecular weight is 309 g/mol. The Morgan fingerprint density at radius 3 is 2.43 bits per heavy atom. The predicted molar refractivity (Wildman–Crippen MR) is 78.2 cm³/mol. The fourth-order valence-corrected chi connectivity index (χ4v) is 4.49. The first-order valence-corrected chi connectivity index (χ1v) is 8.81. The summed E-state index contributed by atoms with van der Waals surface area (Å²) in [6, 6.07) is 3.36. The van der Waals surface area contributed by atoms with Crippen LogP contribution < -0.4 is 4.72 Å². The molecule has 0 radical (unpaired) electrons. The zero-order valence-corrected chi connectivity index (χ0v) is 12.6. The number of likely N-dealkylation sites (tertiary alicyclic amines) is 1. The minimum Gasteiger partial charge on any atom is -0.336 e. The number of carbonyl (C=O) groups excluding carboxylic acids is 1. The second-order valence-electron chi connectivity index (χ2n) is 5.71. The van der Waals surface area contributed by atoms with E-state index in [9.17, 15) is 13.2 Å². The van der Waals surface area contributed by atoms with Gasteiger partial charge in [-0.1, -0.05) is 12.8 Å². The van der Waals surface area contributed by atoms with Gasteiger partial charge in [-0.05, 0) is 25.0 Å². The zero-order chi connectivity index (χ0) is 14.9. The zero-order valence-electron chi connectivity index (χ0n) is 11.7. The number of amides is 1. The van der Waals surface area contributed by atoms with Crippen LogP contribution in [0.3, 0.4) is 0 Å². The van der Waals surface area contributed by atoms with Crippen LogP contribution in [0.1, 0.15) is 36.0 Å². The summed E-state index contributed by atoms with van der Waals surface area (Å²) in [7, 11) is -3.31. The van der Waals surface area contributed by atoms with Gasteiger partial charge in [-0.2, -0.15) is 0 Å². The molecule has 1 aromatic rings. The van der Waals surface area contributed by atoms with Crippen molar-refractivity contribution in [1.29, 1.82) is 0 Å². The van der Waals surface area contributed by atoms with Crippen molar-refractivity contribution < 1.29 is 13.2 Å². The molecule has 0 bridgehead atoms. The van der Waals surface area contributed by atoms with Gasteiger partial charge in [-0.25, -0.2) is 13.1 Å². The summed E-state index contributed by atoms with van der Waals surface area (Å²) in [4.78, 5) is 17.6. The highest BCUT2D eigenvalue weighted by Gasteiger charge is 2.40. The summed E-state index contributed by atoms with van der Waals surface area (Å²) in [5.74, 6) is -0.135. The van der Waals surface area contributed by atoms with Gasteiger partial charge < -0.3 is 4.90 Å². The maximum Gasteiger partial charge on any atom is 0.254 e. The van der Waals surface area contributed by atoms with Crippen LogP contribution in [0, 0.1) is 0 Å². The minimum absolute atomic E-state index is 0.0833. The number of aromatic nitrogens is 1. The lowest BCUT2D eigenvalue weighted by Crippen LogP contribution is -2.60. The first-order valence-electron chi connectivity index (χ1n) is 7.27. The molecule has 2 fully saturated rings. The van der Waals surface area contributed by atoms with Gasteiger partial charge in [0.25, 0.3) is 5.91 Å². The van der Waals surface area contributed by atoms with Gasteiger partial charge in [0.05, 0.1) is 0 Å². The molecule has 0 atom stereocenters. The van der Waals surface area contributed by atoms with Gasteiger partial charge >= 0.3 is 0 Å². The summed E-state index contributed by atoms with van der Waals surface area (Å²) in [6.07, 6.45) is 7.14. The number of nitrogens with zero attached hydrogens (tertiary/aromatic N) is 2. The molecule has 0 spiro atoms. The molecule has 114 valence electrons. The lowest BCUT2D eigenvalue weighted by molar-refractivity contribution is 0.0658. The highest BCUT2D eigenvalue weighted by molar-refractivity contribution is 7.90. The van der Waals surface area contributed by atoms with E-state index in [0.29, 0.717) is 5.56 Å². The van der Waals surface area contributed by atoms with Crippen LogP contribution >= 0.6 is 0 Å². The third kappa shape index (κ3) is 3.08. The number of carbonyl (C=O) groups is 1. The molecular formula is C14H19N3O3S. The Hall–Kier alpha value is -1.47. The summed E-state index contributed by atoms with van der Waals surface area (Å²) >= 11 is 0. The molecule has 2 heterocycles. The number of hydrogen-bond donors (Lipinski definition) is 1. The van der Waals surface area contributed by atoms with E-state index in [1.54, 1.807) is 29.4 Å². The predicted octanol–water partition coefficient (Wildman–Crippen LogP) is 0.768. The van der Waals surface area contributed by atoms with Crippen LogP contribution in [-0.2, 0) is 10.0 Å². The lowest BCUT2D eigenvalue weighted by Gasteiger charge is -2.39. The average Bonchev–Trinajstić information content (AvgIpc) is 2.89. The van der Waals surface area contributed by atoms with Crippen molar-refractivity contribution in [2.75, 3.05) is 13.1 Å². The van der Waals surface area contributed by atoms with Crippen molar-refractivity contribution in [3.05, 3.63) is 30.1 Å². The molecule has 7 heteroatoms. The molecule has 0 aromatic carbocycles. The summed E-state index contributed by atoms with van der Waals surface area (Å²) in [5.41, 5.74) is 0.546. The molecule has 21 heavy (non-hydrogen) atoms. The first-order chi connectivity index (χ1) is 10.1. The van der Waals surface area contributed by atoms with E-state index in [-0.39, 0.29) is 25.0 Å². The monoisotopic (exact) mass is 309 g/mol. The third-order valence-electron chi connectivity index (χ3n) is 4.19. The fourth-order valence-electron chi connectivity index (χ4n) is 2.85. The number of rotatable bonds is 4. The van der Waals surface area contributed by atoms with E-state index < -0.39 is 15.3 Å². The van der Waals surface area contributed by atoms with E-state index in [1.807, 2.05) is 0 Å². The number of pyridine rings is 1. The Morgan fingerprint density at radius 2 is 1.81 bits per heavy atom. The molecule has 1 aromatic heterocycles. The Kier molecular flexibility index (Phi) is 3.95. The second-order valence-corrected chi connectivity index (χ2v) is 7.70. The van der Waals surface area contributed by atoms with Crippen LogP contribution in [0.25, 0.3) is 0 Å². The largest absolute Gasteiger partial charge is 0.336 e. The normalized spacial score (nSPS) is 20.5. The van der Waals surface area contributed by atoms with Gasteiger partial charge in [-0.3, -0.25) is 9.78 Å². The molecule has 1 saturated carbocycles. The van der Waals surface area contributed by atoms with Crippen molar-refractivity contribution in [3.63, 3.8) is 0 Å². The number of sulfonamides is 1. The van der Waals surface area contributed by atoms with Crippen LogP contribution in [0.2, 0.25) is 0 Å². The number of nitrogens with one attached hydrogen (secondary N) is 1. The molecule has 2 aliphatic rings. The third-order valence-corrected chi connectivity index (χ3v) is 6.03. The van der Waals surface area contributed by atoms with E-state index in [4.69, 9.17) is 0 Å². The molecule has 3 rings (SSSR count). The Labute approximate surface area is 124 Å². The smallest absolute Gasteiger partial charge is 0.254 e. The van der Waals surface area contributed by atoms with Gasteiger partial charge in [0, 0.05) is 37.1 Å². The van der Waals surface area contributed by atoms with Gasteiger partial charge in [0.1, 0.15) is 5.25 Å². The molecule has 1 aliphatic heterocycles. The molecular weight excluding hydrogens is 290 g/mol. The number of hydrogen-bond acceptors (Lipinski definition) is 4. The van der Waals surface area contributed by atoms with Crippen molar-refractivity contribution >= 4 is 15.9 Å². The van der Waals surface area contributed by atoms with Crippen LogP contribution in [0.5, 0.6) is 0 Å². The van der Waals surface area contributed by atoms with Crippen LogP contribution in [0.4, 0.5) is 0 Å². The fraction of sp³-hybridized carbons (Fsp3) is 0.571. The summed E-state index contributed by atoms with van der Waals surface area (Å²) < 4.78 is 27.2. The van der Waals surface area contributed by atoms with Gasteiger partial charge in [0.2, 0.25) is 10.0 Å². The van der Waals surface area contributed by atoms with Crippen LogP contribution in [-0.4, -0.2) is 48.6 Å². The maximum atomic E-state index is 12.2. The summed E-state index contributed by atoms with van der Waals surface area (Å²) in [5, 5.41) is -0.483. The Bertz CT molecular complexity index is 606. The Balaban J connectivity index is 1.56. The molecule has 1 amide bonds. The van der Waals surface area contributed by atoms with Gasteiger partial charge in [-0.15, -0.1) is 0 Å². The van der Waals surface area contributed by atoms with E-state index in [2.05, 4.69) is 9.71 Å². The first kappa shape index (κ1) is 14.5. The van der Waals surface area contributed by atoms with Crippen molar-refractivity contribution in [3.8, 4) is 0 Å². The highest BCUT2D eigenvalue weighted by atomic mass is 32.2. The highest BCUT2D eigenvalue weighted by Crippen LogP contribution is 2.22. The van der Waals surface area contributed by atoms with Gasteiger partial charge in [0.15, 0.2) is 0 Å². The van der Waals surface area contributed by atoms with Crippen molar-refractivity contribution in [2.45, 2.75) is 37.0 Å². The molecule has 1 aliphatic carbocycles.